The third-order valence-electron chi connectivity index (χ3n) is 2.61. The van der Waals surface area contributed by atoms with Crippen LogP contribution >= 0.6 is 0 Å². The van der Waals surface area contributed by atoms with E-state index in [2.05, 4.69) is 4.90 Å². The van der Waals surface area contributed by atoms with Crippen molar-refractivity contribution >= 4 is 0 Å². The minimum absolute atomic E-state index is 0.310. The summed E-state index contributed by atoms with van der Waals surface area (Å²) in [5, 5.41) is 9.09. The maximum absolute atomic E-state index is 9.09. The first-order valence-electron chi connectivity index (χ1n) is 4.93. The van der Waals surface area contributed by atoms with Gasteiger partial charge in [0.15, 0.2) is 0 Å². The summed E-state index contributed by atoms with van der Waals surface area (Å²) in [5.74, 6) is 0. The topological polar surface area (TPSA) is 49.5 Å². The monoisotopic (exact) mass is 172 g/mol. The van der Waals surface area contributed by atoms with Crippen LogP contribution in [-0.4, -0.2) is 42.3 Å². The number of nitrogens with two attached hydrogens (primary N) is 1. The number of rotatable bonds is 4. The van der Waals surface area contributed by atoms with Gasteiger partial charge >= 0.3 is 0 Å². The van der Waals surface area contributed by atoms with Crippen molar-refractivity contribution in [1.29, 1.82) is 0 Å². The van der Waals surface area contributed by atoms with E-state index >= 15 is 0 Å². The predicted molar refractivity (Wildman–Crippen MR) is 50.0 cm³/mol. The second kappa shape index (κ2) is 5.51. The van der Waals surface area contributed by atoms with Gasteiger partial charge in [-0.05, 0) is 38.9 Å². The Balaban J connectivity index is 2.26. The summed E-state index contributed by atoms with van der Waals surface area (Å²) in [6.45, 7) is 3.27. The molecule has 0 bridgehead atoms. The van der Waals surface area contributed by atoms with E-state index in [1.807, 2.05) is 0 Å². The fourth-order valence-corrected chi connectivity index (χ4v) is 1.86. The van der Waals surface area contributed by atoms with Gasteiger partial charge in [0.05, 0.1) is 6.61 Å². The lowest BCUT2D eigenvalue weighted by Crippen LogP contribution is -2.42. The molecule has 72 valence electrons. The number of aliphatic hydroxyl groups is 1. The van der Waals surface area contributed by atoms with Crippen LogP contribution in [0, 0.1) is 0 Å². The summed E-state index contributed by atoms with van der Waals surface area (Å²) in [7, 11) is 0. The normalized spacial score (nSPS) is 26.0. The van der Waals surface area contributed by atoms with Crippen molar-refractivity contribution in [2.45, 2.75) is 31.7 Å². The Morgan fingerprint density at radius 1 is 1.42 bits per heavy atom. The predicted octanol–water partition coefficient (Wildman–Crippen LogP) is 0.182. The summed E-state index contributed by atoms with van der Waals surface area (Å²) in [5.41, 5.74) is 5.44. The van der Waals surface area contributed by atoms with Gasteiger partial charge in [-0.2, -0.15) is 0 Å². The highest BCUT2D eigenvalue weighted by Crippen LogP contribution is 2.16. The van der Waals surface area contributed by atoms with Crippen LogP contribution in [0.1, 0.15) is 25.7 Å². The Morgan fingerprint density at radius 3 is 2.92 bits per heavy atom. The average molecular weight is 172 g/mol. The highest BCUT2D eigenvalue weighted by Gasteiger charge is 2.20. The zero-order valence-corrected chi connectivity index (χ0v) is 7.71. The van der Waals surface area contributed by atoms with Gasteiger partial charge in [-0.25, -0.2) is 0 Å². The SMILES string of the molecule is NCCCN1CCCC[C@H]1CO. The maximum Gasteiger partial charge on any atom is 0.0586 e. The molecule has 0 aromatic carbocycles. The minimum atomic E-state index is 0.310. The Kier molecular flexibility index (Phi) is 4.58. The Morgan fingerprint density at radius 2 is 2.25 bits per heavy atom. The molecule has 3 N–H and O–H groups in total. The molecule has 3 heteroatoms. The zero-order chi connectivity index (χ0) is 8.81. The van der Waals surface area contributed by atoms with Gasteiger partial charge in [0.1, 0.15) is 0 Å². The van der Waals surface area contributed by atoms with Crippen molar-refractivity contribution in [1.82, 2.24) is 4.90 Å². The third kappa shape index (κ3) is 2.73. The van der Waals surface area contributed by atoms with Crippen LogP contribution < -0.4 is 5.73 Å². The molecule has 1 atom stereocenters. The molecule has 0 aromatic heterocycles. The van der Waals surface area contributed by atoms with Crippen LogP contribution in [-0.2, 0) is 0 Å². The van der Waals surface area contributed by atoms with Crippen LogP contribution in [0.2, 0.25) is 0 Å². The van der Waals surface area contributed by atoms with Crippen molar-refractivity contribution in [3.8, 4) is 0 Å². The fraction of sp³-hybridized carbons (Fsp3) is 1.00. The highest BCUT2D eigenvalue weighted by molar-refractivity contribution is 4.75. The van der Waals surface area contributed by atoms with Gasteiger partial charge < -0.3 is 10.8 Å². The van der Waals surface area contributed by atoms with E-state index in [9.17, 15) is 0 Å². The lowest BCUT2D eigenvalue weighted by Gasteiger charge is -2.34. The average Bonchev–Trinajstić information content (AvgIpc) is 2.15. The number of likely N-dealkylation sites (tertiary alicyclic amines) is 1. The molecule has 0 aromatic rings. The molecular weight excluding hydrogens is 152 g/mol. The highest BCUT2D eigenvalue weighted by atomic mass is 16.3. The lowest BCUT2D eigenvalue weighted by molar-refractivity contribution is 0.0898. The molecule has 12 heavy (non-hydrogen) atoms. The largest absolute Gasteiger partial charge is 0.395 e. The smallest absolute Gasteiger partial charge is 0.0586 e. The minimum Gasteiger partial charge on any atom is -0.395 e. The van der Waals surface area contributed by atoms with Gasteiger partial charge in [-0.1, -0.05) is 6.42 Å². The first-order valence-corrected chi connectivity index (χ1v) is 4.93. The summed E-state index contributed by atoms with van der Waals surface area (Å²) in [6, 6.07) is 0.408. The van der Waals surface area contributed by atoms with Crippen LogP contribution in [0.15, 0.2) is 0 Å². The van der Waals surface area contributed by atoms with Crippen molar-refractivity contribution in [2.75, 3.05) is 26.2 Å². The third-order valence-corrected chi connectivity index (χ3v) is 2.61. The van der Waals surface area contributed by atoms with E-state index < -0.39 is 0 Å². The quantitative estimate of drug-likeness (QED) is 0.636. The number of aliphatic hydroxyl groups excluding tert-OH is 1. The van der Waals surface area contributed by atoms with Crippen molar-refractivity contribution in [3.05, 3.63) is 0 Å². The van der Waals surface area contributed by atoms with Gasteiger partial charge in [0.2, 0.25) is 0 Å². The van der Waals surface area contributed by atoms with E-state index in [0.29, 0.717) is 12.6 Å². The zero-order valence-electron chi connectivity index (χ0n) is 7.71. The van der Waals surface area contributed by atoms with Crippen LogP contribution in [0.3, 0.4) is 0 Å². The molecule has 1 heterocycles. The van der Waals surface area contributed by atoms with Gasteiger partial charge in [-0.3, -0.25) is 4.90 Å². The second-order valence-corrected chi connectivity index (χ2v) is 3.51. The van der Waals surface area contributed by atoms with Crippen LogP contribution in [0.4, 0.5) is 0 Å². The Labute approximate surface area is 74.5 Å². The molecular formula is C9H20N2O. The van der Waals surface area contributed by atoms with E-state index in [4.69, 9.17) is 10.8 Å². The van der Waals surface area contributed by atoms with Crippen molar-refractivity contribution < 1.29 is 5.11 Å². The van der Waals surface area contributed by atoms with Crippen molar-refractivity contribution in [2.24, 2.45) is 5.73 Å². The molecule has 0 radical (unpaired) electrons. The van der Waals surface area contributed by atoms with Crippen molar-refractivity contribution in [3.63, 3.8) is 0 Å². The van der Waals surface area contributed by atoms with Gasteiger partial charge in [-0.15, -0.1) is 0 Å². The van der Waals surface area contributed by atoms with Gasteiger partial charge in [0, 0.05) is 6.04 Å². The summed E-state index contributed by atoms with van der Waals surface area (Å²) >= 11 is 0. The molecule has 3 nitrogen and oxygen atoms in total. The van der Waals surface area contributed by atoms with E-state index in [-0.39, 0.29) is 0 Å². The molecule has 0 amide bonds. The summed E-state index contributed by atoms with van der Waals surface area (Å²) in [6.07, 6.45) is 4.75. The molecule has 0 aliphatic carbocycles. The standard InChI is InChI=1S/C9H20N2O/c10-5-3-7-11-6-2-1-4-9(11)8-12/h9,12H,1-8,10H2/t9-/m0/s1. The summed E-state index contributed by atoms with van der Waals surface area (Å²) < 4.78 is 0. The Bertz CT molecular complexity index is 119. The Hall–Kier alpha value is -0.120. The number of hydrogen-bond donors (Lipinski definition) is 2. The first-order chi connectivity index (χ1) is 5.88. The number of nitrogens with zero attached hydrogens (tertiary/aromatic N) is 1. The molecule has 0 spiro atoms. The van der Waals surface area contributed by atoms with Crippen LogP contribution in [0.5, 0.6) is 0 Å². The van der Waals surface area contributed by atoms with E-state index in [1.54, 1.807) is 0 Å². The molecule has 0 saturated carbocycles. The molecule has 0 unspecified atom stereocenters. The second-order valence-electron chi connectivity index (χ2n) is 3.51. The molecule has 1 fully saturated rings. The van der Waals surface area contributed by atoms with Gasteiger partial charge in [0.25, 0.3) is 0 Å². The molecule has 1 aliphatic heterocycles. The maximum atomic E-state index is 9.09. The van der Waals surface area contributed by atoms with E-state index in [0.717, 1.165) is 32.5 Å². The van der Waals surface area contributed by atoms with Crippen LogP contribution in [0.25, 0.3) is 0 Å². The lowest BCUT2D eigenvalue weighted by atomic mass is 10.0. The molecule has 1 aliphatic rings. The molecule has 1 rings (SSSR count). The number of piperidine rings is 1. The fourth-order valence-electron chi connectivity index (χ4n) is 1.86. The van der Waals surface area contributed by atoms with E-state index in [1.165, 1.54) is 12.8 Å². The number of hydrogen-bond acceptors (Lipinski definition) is 3. The molecule has 1 saturated heterocycles. The summed E-state index contributed by atoms with van der Waals surface area (Å²) in [4.78, 5) is 2.37. The first kappa shape index (κ1) is 9.96.